The van der Waals surface area contributed by atoms with Crippen LogP contribution in [0.25, 0.3) is 0 Å². The minimum Gasteiger partial charge on any atom is -0.493 e. The SMILES string of the molecule is CCOc1ccccc1/C=N/NC(=O)COc1ccc(Br)cc1CC. The average molecular weight is 405 g/mol. The second kappa shape index (κ2) is 9.84. The normalized spacial score (nSPS) is 10.7. The van der Waals surface area contributed by atoms with Gasteiger partial charge < -0.3 is 9.47 Å². The Morgan fingerprint density at radius 2 is 1.96 bits per heavy atom. The monoisotopic (exact) mass is 404 g/mol. The molecule has 1 N–H and O–H groups in total. The average Bonchev–Trinajstić information content (AvgIpc) is 2.62. The number of amides is 1. The van der Waals surface area contributed by atoms with Gasteiger partial charge in [-0.2, -0.15) is 5.10 Å². The third-order valence-corrected chi connectivity index (χ3v) is 3.87. The van der Waals surface area contributed by atoms with Crippen molar-refractivity contribution in [3.05, 3.63) is 58.1 Å². The van der Waals surface area contributed by atoms with Crippen LogP contribution in [0.3, 0.4) is 0 Å². The Kier molecular flexibility index (Phi) is 7.47. The molecule has 0 atom stereocenters. The smallest absolute Gasteiger partial charge is 0.277 e. The van der Waals surface area contributed by atoms with Gasteiger partial charge in [0, 0.05) is 10.0 Å². The summed E-state index contributed by atoms with van der Waals surface area (Å²) in [4.78, 5) is 11.9. The van der Waals surface area contributed by atoms with Gasteiger partial charge in [-0.1, -0.05) is 35.0 Å². The van der Waals surface area contributed by atoms with Crippen LogP contribution in [0, 0.1) is 0 Å². The fourth-order valence-corrected chi connectivity index (χ4v) is 2.60. The number of carbonyl (C=O) groups is 1. The quantitative estimate of drug-likeness (QED) is 0.535. The van der Waals surface area contributed by atoms with E-state index >= 15 is 0 Å². The molecule has 0 aliphatic heterocycles. The summed E-state index contributed by atoms with van der Waals surface area (Å²) in [5.41, 5.74) is 4.30. The van der Waals surface area contributed by atoms with E-state index in [1.54, 1.807) is 6.21 Å². The van der Waals surface area contributed by atoms with E-state index in [1.165, 1.54) is 0 Å². The van der Waals surface area contributed by atoms with Crippen molar-refractivity contribution < 1.29 is 14.3 Å². The topological polar surface area (TPSA) is 59.9 Å². The lowest BCUT2D eigenvalue weighted by Crippen LogP contribution is -2.24. The van der Waals surface area contributed by atoms with Crippen molar-refractivity contribution in [3.8, 4) is 11.5 Å². The highest BCUT2D eigenvalue weighted by Gasteiger charge is 2.06. The lowest BCUT2D eigenvalue weighted by atomic mass is 10.1. The minimum absolute atomic E-state index is 0.0981. The van der Waals surface area contributed by atoms with Crippen molar-refractivity contribution in [2.45, 2.75) is 20.3 Å². The predicted molar refractivity (Wildman–Crippen MR) is 102 cm³/mol. The van der Waals surface area contributed by atoms with Crippen molar-refractivity contribution in [1.29, 1.82) is 0 Å². The summed E-state index contributed by atoms with van der Waals surface area (Å²) in [7, 11) is 0. The van der Waals surface area contributed by atoms with Gasteiger partial charge in [0.2, 0.25) is 0 Å². The summed E-state index contributed by atoms with van der Waals surface area (Å²) in [6.45, 7) is 4.42. The molecule has 25 heavy (non-hydrogen) atoms. The standard InChI is InChI=1S/C19H21BrN2O3/c1-3-14-11-16(20)9-10-18(14)25-13-19(23)22-21-12-15-7-5-6-8-17(15)24-4-2/h5-12H,3-4,13H2,1-2H3,(H,22,23)/b21-12+. The van der Waals surface area contributed by atoms with Crippen molar-refractivity contribution in [1.82, 2.24) is 5.43 Å². The first-order valence-electron chi connectivity index (χ1n) is 8.09. The number of rotatable bonds is 8. The molecule has 6 heteroatoms. The zero-order chi connectivity index (χ0) is 18.1. The van der Waals surface area contributed by atoms with Gasteiger partial charge in [-0.15, -0.1) is 0 Å². The first kappa shape index (κ1) is 19.0. The van der Waals surface area contributed by atoms with E-state index in [4.69, 9.17) is 9.47 Å². The highest BCUT2D eigenvalue weighted by Crippen LogP contribution is 2.23. The number of carbonyl (C=O) groups excluding carboxylic acids is 1. The largest absolute Gasteiger partial charge is 0.493 e. The second-order valence-electron chi connectivity index (χ2n) is 5.16. The van der Waals surface area contributed by atoms with Crippen LogP contribution >= 0.6 is 15.9 Å². The highest BCUT2D eigenvalue weighted by atomic mass is 79.9. The summed E-state index contributed by atoms with van der Waals surface area (Å²) >= 11 is 3.43. The molecule has 2 aromatic carbocycles. The molecule has 2 rings (SSSR count). The van der Waals surface area contributed by atoms with E-state index in [9.17, 15) is 4.79 Å². The Bertz CT molecular complexity index is 747. The minimum atomic E-state index is -0.324. The number of nitrogens with zero attached hydrogens (tertiary/aromatic N) is 1. The molecule has 0 saturated carbocycles. The Balaban J connectivity index is 1.89. The van der Waals surface area contributed by atoms with Crippen LogP contribution in [0.5, 0.6) is 11.5 Å². The van der Waals surface area contributed by atoms with Gasteiger partial charge in [0.15, 0.2) is 6.61 Å². The van der Waals surface area contributed by atoms with E-state index in [0.29, 0.717) is 12.4 Å². The molecule has 0 fully saturated rings. The van der Waals surface area contributed by atoms with Gasteiger partial charge in [-0.3, -0.25) is 4.79 Å². The fraction of sp³-hybridized carbons (Fsp3) is 0.263. The number of hydrogen-bond acceptors (Lipinski definition) is 4. The number of aryl methyl sites for hydroxylation is 1. The van der Waals surface area contributed by atoms with Crippen molar-refractivity contribution in [2.75, 3.05) is 13.2 Å². The molecule has 2 aromatic rings. The number of hydrogen-bond donors (Lipinski definition) is 1. The van der Waals surface area contributed by atoms with E-state index in [1.807, 2.05) is 56.3 Å². The fourth-order valence-electron chi connectivity index (χ4n) is 2.19. The molecule has 0 unspecified atom stereocenters. The van der Waals surface area contributed by atoms with E-state index in [2.05, 4.69) is 26.5 Å². The lowest BCUT2D eigenvalue weighted by Gasteiger charge is -2.10. The van der Waals surface area contributed by atoms with E-state index in [-0.39, 0.29) is 12.5 Å². The molecule has 0 aliphatic rings. The number of nitrogens with one attached hydrogen (secondary N) is 1. The van der Waals surface area contributed by atoms with Crippen LogP contribution < -0.4 is 14.9 Å². The van der Waals surface area contributed by atoms with Crippen LogP contribution in [0.1, 0.15) is 25.0 Å². The van der Waals surface area contributed by atoms with Gasteiger partial charge in [0.05, 0.1) is 12.8 Å². The maximum absolute atomic E-state index is 11.9. The zero-order valence-corrected chi connectivity index (χ0v) is 15.9. The van der Waals surface area contributed by atoms with Crippen molar-refractivity contribution >= 4 is 28.1 Å². The number of halogens is 1. The van der Waals surface area contributed by atoms with Crippen LogP contribution in [0.2, 0.25) is 0 Å². The Morgan fingerprint density at radius 1 is 1.16 bits per heavy atom. The summed E-state index contributed by atoms with van der Waals surface area (Å²) in [6.07, 6.45) is 2.38. The zero-order valence-electron chi connectivity index (χ0n) is 14.3. The Morgan fingerprint density at radius 3 is 2.72 bits per heavy atom. The second-order valence-corrected chi connectivity index (χ2v) is 6.07. The first-order chi connectivity index (χ1) is 12.1. The number of ether oxygens (including phenoxy) is 2. The van der Waals surface area contributed by atoms with E-state index < -0.39 is 0 Å². The van der Waals surface area contributed by atoms with Gasteiger partial charge in [-0.25, -0.2) is 5.43 Å². The maximum Gasteiger partial charge on any atom is 0.277 e. The molecule has 0 radical (unpaired) electrons. The molecular formula is C19H21BrN2O3. The summed E-state index contributed by atoms with van der Waals surface area (Å²) in [6, 6.07) is 13.2. The number of benzene rings is 2. The lowest BCUT2D eigenvalue weighted by molar-refractivity contribution is -0.123. The molecule has 0 aliphatic carbocycles. The van der Waals surface area contributed by atoms with Crippen LogP contribution in [0.15, 0.2) is 52.0 Å². The Labute approximate surface area is 156 Å². The van der Waals surface area contributed by atoms with E-state index in [0.717, 1.165) is 27.8 Å². The van der Waals surface area contributed by atoms with Gasteiger partial charge in [-0.05, 0) is 49.2 Å². The maximum atomic E-state index is 11.9. The molecule has 5 nitrogen and oxygen atoms in total. The molecular weight excluding hydrogens is 384 g/mol. The highest BCUT2D eigenvalue weighted by molar-refractivity contribution is 9.10. The van der Waals surface area contributed by atoms with Gasteiger partial charge >= 0.3 is 0 Å². The van der Waals surface area contributed by atoms with Gasteiger partial charge in [0.25, 0.3) is 5.91 Å². The Hall–Kier alpha value is -2.34. The number of para-hydroxylation sites is 1. The van der Waals surface area contributed by atoms with Crippen LogP contribution in [-0.4, -0.2) is 25.3 Å². The van der Waals surface area contributed by atoms with Crippen LogP contribution in [0.4, 0.5) is 0 Å². The molecule has 0 heterocycles. The summed E-state index contributed by atoms with van der Waals surface area (Å²) < 4.78 is 12.1. The number of hydrazone groups is 1. The molecule has 0 bridgehead atoms. The molecule has 0 aromatic heterocycles. The molecule has 0 saturated heterocycles. The van der Waals surface area contributed by atoms with Crippen molar-refractivity contribution in [2.24, 2.45) is 5.10 Å². The third-order valence-electron chi connectivity index (χ3n) is 3.37. The van der Waals surface area contributed by atoms with Crippen LogP contribution in [-0.2, 0) is 11.2 Å². The van der Waals surface area contributed by atoms with Gasteiger partial charge in [0.1, 0.15) is 11.5 Å². The molecule has 0 spiro atoms. The first-order valence-corrected chi connectivity index (χ1v) is 8.88. The summed E-state index contributed by atoms with van der Waals surface area (Å²) in [5.74, 6) is 1.10. The molecule has 132 valence electrons. The van der Waals surface area contributed by atoms with Crippen molar-refractivity contribution in [3.63, 3.8) is 0 Å². The third kappa shape index (κ3) is 5.90. The summed E-state index contributed by atoms with van der Waals surface area (Å²) in [5, 5.41) is 3.96. The predicted octanol–water partition coefficient (Wildman–Crippen LogP) is 3.94. The molecule has 1 amide bonds.